The Morgan fingerprint density at radius 3 is 1.98 bits per heavy atom. The number of aliphatic hydroxyl groups excluding tert-OH is 1. The van der Waals surface area contributed by atoms with Gasteiger partial charge in [-0.2, -0.15) is 5.10 Å². The number of carbonyl (C=O) groups is 5. The number of halogens is 4. The molecular formula is C56H72F4N12O9. The van der Waals surface area contributed by atoms with E-state index in [4.69, 9.17) is 9.47 Å². The molecular weight excluding hydrogens is 1060 g/mol. The Hall–Kier alpha value is -7.40. The summed E-state index contributed by atoms with van der Waals surface area (Å²) < 4.78 is 69.6. The van der Waals surface area contributed by atoms with Crippen LogP contribution in [0.1, 0.15) is 84.1 Å². The van der Waals surface area contributed by atoms with Crippen molar-refractivity contribution in [2.24, 2.45) is 16.7 Å². The number of piperidine rings is 1. The van der Waals surface area contributed by atoms with Crippen LogP contribution in [0.25, 0.3) is 11.3 Å². The summed E-state index contributed by atoms with van der Waals surface area (Å²) in [6.45, 7) is 14.2. The molecule has 0 spiro atoms. The fourth-order valence-electron chi connectivity index (χ4n) is 10.0. The lowest BCUT2D eigenvalue weighted by Gasteiger charge is -2.60. The zero-order chi connectivity index (χ0) is 59.1. The predicted octanol–water partition coefficient (Wildman–Crippen LogP) is 4.46. The number of amides is 5. The highest BCUT2D eigenvalue weighted by atomic mass is 19.3. The Morgan fingerprint density at radius 1 is 0.827 bits per heavy atom. The van der Waals surface area contributed by atoms with Crippen LogP contribution in [0.4, 0.5) is 33.1 Å². The van der Waals surface area contributed by atoms with Gasteiger partial charge in [-0.05, 0) is 65.5 Å². The molecule has 6 heterocycles. The van der Waals surface area contributed by atoms with Gasteiger partial charge in [0, 0.05) is 73.5 Å². The molecule has 4 aromatic rings. The van der Waals surface area contributed by atoms with Crippen molar-refractivity contribution in [3.05, 3.63) is 94.9 Å². The topological polar surface area (TPSA) is 258 Å². The summed E-state index contributed by atoms with van der Waals surface area (Å²) in [6, 6.07) is 6.31. The molecule has 0 aliphatic carbocycles. The number of carbonyl (C=O) groups excluding carboxylic acids is 4. The van der Waals surface area contributed by atoms with E-state index in [1.54, 1.807) is 92.0 Å². The third-order valence-electron chi connectivity index (χ3n) is 14.4. The van der Waals surface area contributed by atoms with Crippen molar-refractivity contribution in [1.29, 1.82) is 0 Å². The maximum atomic E-state index is 16.2. The van der Waals surface area contributed by atoms with Crippen LogP contribution < -0.4 is 31.6 Å². The van der Waals surface area contributed by atoms with Gasteiger partial charge in [-0.1, -0.05) is 79.4 Å². The molecule has 81 heavy (non-hydrogen) atoms. The van der Waals surface area contributed by atoms with Gasteiger partial charge >= 0.3 is 12.2 Å². The van der Waals surface area contributed by atoms with Gasteiger partial charge in [0.2, 0.25) is 17.8 Å². The molecule has 7 atom stereocenters. The zero-order valence-electron chi connectivity index (χ0n) is 46.8. The van der Waals surface area contributed by atoms with Crippen molar-refractivity contribution in [2.75, 3.05) is 44.9 Å². The van der Waals surface area contributed by atoms with Gasteiger partial charge in [0.25, 0.3) is 12.3 Å². The number of fused-ring (bicyclic) bond motifs is 2. The van der Waals surface area contributed by atoms with Crippen LogP contribution in [0.3, 0.4) is 0 Å². The smallest absolute Gasteiger partial charge is 0.407 e. The Morgan fingerprint density at radius 2 is 1.43 bits per heavy atom. The number of alkyl halides is 2. The third-order valence-corrected chi connectivity index (χ3v) is 14.4. The van der Waals surface area contributed by atoms with Crippen molar-refractivity contribution < 1.29 is 61.2 Å². The van der Waals surface area contributed by atoms with Gasteiger partial charge in [-0.15, -0.1) is 0 Å². The molecule has 5 amide bonds. The van der Waals surface area contributed by atoms with Crippen molar-refractivity contribution in [1.82, 2.24) is 56.4 Å². The first-order valence-electron chi connectivity index (χ1n) is 26.7. The summed E-state index contributed by atoms with van der Waals surface area (Å²) in [6.07, 6.45) is -1.23. The quantitative estimate of drug-likeness (QED) is 0.0346. The predicted molar refractivity (Wildman–Crippen MR) is 289 cm³/mol. The van der Waals surface area contributed by atoms with E-state index in [2.05, 4.69) is 63.4 Å². The van der Waals surface area contributed by atoms with Gasteiger partial charge in [-0.25, -0.2) is 42.1 Å². The number of nitrogens with one attached hydrogen (secondary N) is 5. The number of ether oxygens (including phenoxy) is 2. The lowest BCUT2D eigenvalue weighted by atomic mass is 9.85. The summed E-state index contributed by atoms with van der Waals surface area (Å²) in [5.41, 5.74) is 1.53. The molecule has 7 N–H and O–H groups in total. The van der Waals surface area contributed by atoms with Crippen LogP contribution in [0.2, 0.25) is 0 Å². The van der Waals surface area contributed by atoms with Gasteiger partial charge < -0.3 is 45.9 Å². The maximum Gasteiger partial charge on any atom is 0.407 e. The molecule has 25 heteroatoms. The monoisotopic (exact) mass is 1130 g/mol. The number of hydrazine groups is 1. The molecule has 438 valence electrons. The van der Waals surface area contributed by atoms with Crippen LogP contribution in [-0.4, -0.2) is 165 Å². The second-order valence-electron chi connectivity index (χ2n) is 23.2. The third kappa shape index (κ3) is 16.0. The molecule has 4 aliphatic rings. The molecule has 2 aromatic carbocycles. The average Bonchev–Trinajstić information content (AvgIpc) is 4.04. The van der Waals surface area contributed by atoms with E-state index in [1.807, 2.05) is 0 Å². The number of hydrogen-bond acceptors (Lipinski definition) is 14. The summed E-state index contributed by atoms with van der Waals surface area (Å²) in [7, 11) is 1.14. The number of aliphatic hydroxyl groups is 1. The molecule has 8 rings (SSSR count). The highest BCUT2D eigenvalue weighted by molar-refractivity contribution is 5.92. The molecule has 4 fully saturated rings. The Labute approximate surface area is 467 Å². The molecule has 4 saturated heterocycles. The summed E-state index contributed by atoms with van der Waals surface area (Å²) >= 11 is 0. The number of piperazine rings is 1. The zero-order valence-corrected chi connectivity index (χ0v) is 46.8. The second kappa shape index (κ2) is 26.0. The van der Waals surface area contributed by atoms with Gasteiger partial charge in [-0.3, -0.25) is 29.4 Å². The van der Waals surface area contributed by atoms with E-state index in [0.29, 0.717) is 40.8 Å². The van der Waals surface area contributed by atoms with Crippen molar-refractivity contribution in [3.8, 4) is 23.1 Å². The lowest BCUT2D eigenvalue weighted by molar-refractivity contribution is -0.142. The van der Waals surface area contributed by atoms with E-state index in [9.17, 15) is 43.0 Å². The van der Waals surface area contributed by atoms with Crippen LogP contribution in [0, 0.1) is 40.2 Å². The molecule has 2 aromatic heterocycles. The minimum atomic E-state index is -2.74. The van der Waals surface area contributed by atoms with Crippen LogP contribution in [0.15, 0.2) is 61.1 Å². The number of carboxylic acid groups (broad SMARTS) is 1. The van der Waals surface area contributed by atoms with E-state index in [-0.39, 0.29) is 17.7 Å². The van der Waals surface area contributed by atoms with Crippen molar-refractivity contribution >= 4 is 35.9 Å². The normalized spacial score (nSPS) is 18.3. The number of nitrogens with zero attached hydrogens (tertiary/aromatic N) is 7. The summed E-state index contributed by atoms with van der Waals surface area (Å²) in [4.78, 5) is 80.6. The van der Waals surface area contributed by atoms with E-state index in [1.165, 1.54) is 12.3 Å². The average molecular weight is 1130 g/mol. The fourth-order valence-corrected chi connectivity index (χ4v) is 10.0. The highest BCUT2D eigenvalue weighted by Crippen LogP contribution is 2.37. The largest absolute Gasteiger partial charge is 0.465 e. The molecule has 2 bridgehead atoms. The number of aromatic nitrogens is 4. The highest BCUT2D eigenvalue weighted by Gasteiger charge is 2.50. The van der Waals surface area contributed by atoms with E-state index < -0.39 is 120 Å². The SMILES string of the molecule is COC(=O)NC(C(=O)NC(C(=O)NC(Cc1ccc(C#Cc2cnc(N3CC4CC(C3)N4C3COC3)nc2)cc1)C(O)CN(Cc1c(F)cc(-c2ccn(CC(F)F)n2)cc1F)NC(=O)C(NC(=O)O)C(C)(C)C)C(C)(C)C)C(C)C. The number of methoxy groups -OCH3 is 1. The molecule has 0 radical (unpaired) electrons. The van der Waals surface area contributed by atoms with Gasteiger partial charge in [0.05, 0.1) is 49.8 Å². The van der Waals surface area contributed by atoms with Gasteiger partial charge in [0.1, 0.15) is 36.3 Å². The number of alkyl carbamates (subject to hydrolysis) is 1. The Kier molecular flexibility index (Phi) is 19.7. The lowest BCUT2D eigenvalue weighted by Crippen LogP contribution is -2.74. The minimum Gasteiger partial charge on any atom is -0.465 e. The van der Waals surface area contributed by atoms with Crippen LogP contribution in [0.5, 0.6) is 0 Å². The minimum absolute atomic E-state index is 0.00720. The summed E-state index contributed by atoms with van der Waals surface area (Å²) in [5, 5.41) is 37.3. The summed E-state index contributed by atoms with van der Waals surface area (Å²) in [5.74, 6) is 1.69. The standard InChI is InChI=1S/C56H72F4N12O9/c1-31(2)46(64-54(79)80-9)49(74)65-47(55(3,4)5)50(75)63-43(18-33-13-10-32(11-14-33)12-15-34-22-61-52(62-23-34)69-24-36-21-37(25-69)72(36)38-29-81-30-38)44(73)27-71(68-51(76)48(56(6,7)8)66-53(77)78)26-39-40(57)19-35(20-41(39)58)42-16-17-70(67-42)28-45(59)60/h10-11,13-14,16-17,19-20,22-23,31,36-38,43-48,66,73H,18,21,24-30H2,1-9H3,(H,63,75)(H,64,79)(H,65,74)(H,68,76)(H,77,78). The molecule has 21 nitrogen and oxygen atoms in total. The first-order chi connectivity index (χ1) is 38.2. The molecule has 0 saturated carbocycles. The maximum absolute atomic E-state index is 16.2. The van der Waals surface area contributed by atoms with Crippen LogP contribution >= 0.6 is 0 Å². The number of anilines is 1. The number of hydrogen-bond donors (Lipinski definition) is 7. The molecule has 7 unspecified atom stereocenters. The van der Waals surface area contributed by atoms with E-state index in [0.717, 1.165) is 61.7 Å². The van der Waals surface area contributed by atoms with Crippen molar-refractivity contribution in [2.45, 2.75) is 136 Å². The second-order valence-corrected chi connectivity index (χ2v) is 23.2. The van der Waals surface area contributed by atoms with E-state index >= 15 is 8.78 Å². The molecule has 4 aliphatic heterocycles. The fraction of sp³-hybridized carbons (Fsp3) is 0.536. The Balaban J connectivity index is 1.16. The first kappa shape index (κ1) is 61.2. The van der Waals surface area contributed by atoms with Gasteiger partial charge in [0.15, 0.2) is 0 Å². The first-order valence-corrected chi connectivity index (χ1v) is 26.7. The number of rotatable bonds is 21. The number of benzene rings is 2. The Bertz CT molecular complexity index is 2900. The van der Waals surface area contributed by atoms with Crippen LogP contribution in [-0.2, 0) is 43.4 Å². The van der Waals surface area contributed by atoms with Crippen molar-refractivity contribution in [3.63, 3.8) is 0 Å².